The quantitative estimate of drug-likeness (QED) is 0.905. The first-order valence-electron chi connectivity index (χ1n) is 5.74. The van der Waals surface area contributed by atoms with Crippen molar-refractivity contribution in [3.05, 3.63) is 29.6 Å². The second-order valence-corrected chi connectivity index (χ2v) is 4.41. The van der Waals surface area contributed by atoms with Crippen LogP contribution in [0.4, 0.5) is 4.39 Å². The summed E-state index contributed by atoms with van der Waals surface area (Å²) in [5, 5.41) is 19.8. The third-order valence-corrected chi connectivity index (χ3v) is 2.77. The topological polar surface area (TPSA) is 80.9 Å². The first-order valence-corrected chi connectivity index (χ1v) is 5.74. The molecule has 1 aromatic heterocycles. The van der Waals surface area contributed by atoms with E-state index in [9.17, 15) is 9.18 Å². The molecule has 1 N–H and O–H groups in total. The molecular formula is C12H13FN4O2. The van der Waals surface area contributed by atoms with Gasteiger partial charge in [-0.15, -0.1) is 5.10 Å². The number of nitrogens with zero attached hydrogens (tertiary/aromatic N) is 4. The highest BCUT2D eigenvalue weighted by Crippen LogP contribution is 2.21. The number of hydrogen-bond donors (Lipinski definition) is 1. The number of benzene rings is 1. The lowest BCUT2D eigenvalue weighted by atomic mass is 10.1. The Morgan fingerprint density at radius 1 is 1.53 bits per heavy atom. The maximum Gasteiger partial charge on any atom is 0.308 e. The van der Waals surface area contributed by atoms with E-state index in [4.69, 9.17) is 5.11 Å². The number of aryl methyl sites for hydroxylation is 1. The van der Waals surface area contributed by atoms with Crippen LogP contribution in [0.1, 0.15) is 12.5 Å². The van der Waals surface area contributed by atoms with Crippen molar-refractivity contribution in [2.45, 2.75) is 20.4 Å². The molecule has 0 amide bonds. The molecule has 1 heterocycles. The summed E-state index contributed by atoms with van der Waals surface area (Å²) in [6, 6.07) is 4.71. The van der Waals surface area contributed by atoms with Crippen LogP contribution in [0.25, 0.3) is 11.4 Å². The van der Waals surface area contributed by atoms with E-state index in [-0.39, 0.29) is 17.9 Å². The Labute approximate surface area is 108 Å². The number of tetrazole rings is 1. The van der Waals surface area contributed by atoms with Crippen LogP contribution in [0.2, 0.25) is 0 Å². The van der Waals surface area contributed by atoms with Crippen molar-refractivity contribution in [1.82, 2.24) is 20.2 Å². The fourth-order valence-electron chi connectivity index (χ4n) is 1.66. The summed E-state index contributed by atoms with van der Waals surface area (Å²) in [5.41, 5.74) is 1.05. The maximum absolute atomic E-state index is 13.9. The van der Waals surface area contributed by atoms with E-state index in [0.717, 1.165) is 5.56 Å². The van der Waals surface area contributed by atoms with Gasteiger partial charge in [0.25, 0.3) is 0 Å². The number of aromatic nitrogens is 4. The van der Waals surface area contributed by atoms with Gasteiger partial charge in [-0.2, -0.15) is 0 Å². The highest BCUT2D eigenvalue weighted by atomic mass is 19.1. The number of rotatable bonds is 4. The van der Waals surface area contributed by atoms with Crippen LogP contribution in [0.15, 0.2) is 18.2 Å². The predicted molar refractivity (Wildman–Crippen MR) is 64.7 cm³/mol. The molecule has 2 rings (SSSR count). The van der Waals surface area contributed by atoms with Crippen molar-refractivity contribution in [3.8, 4) is 11.4 Å². The Kier molecular flexibility index (Phi) is 3.55. The second-order valence-electron chi connectivity index (χ2n) is 4.41. The van der Waals surface area contributed by atoms with Crippen LogP contribution in [-0.2, 0) is 11.3 Å². The summed E-state index contributed by atoms with van der Waals surface area (Å²) >= 11 is 0. The lowest BCUT2D eigenvalue weighted by molar-refractivity contribution is -0.141. The SMILES string of the molecule is Cc1ccc(-c2nnnn2CC(C)C(=O)O)c(F)c1. The lowest BCUT2D eigenvalue weighted by Gasteiger charge is -2.08. The summed E-state index contributed by atoms with van der Waals surface area (Å²) in [6.45, 7) is 3.41. The van der Waals surface area contributed by atoms with Gasteiger partial charge in [0.1, 0.15) is 5.82 Å². The average Bonchev–Trinajstić information content (AvgIpc) is 2.77. The van der Waals surface area contributed by atoms with E-state index in [1.54, 1.807) is 26.0 Å². The minimum Gasteiger partial charge on any atom is -0.481 e. The van der Waals surface area contributed by atoms with Crippen LogP contribution >= 0.6 is 0 Å². The van der Waals surface area contributed by atoms with E-state index in [0.29, 0.717) is 0 Å². The number of halogens is 1. The average molecular weight is 264 g/mol. The molecule has 0 spiro atoms. The van der Waals surface area contributed by atoms with Gasteiger partial charge in [0.05, 0.1) is 18.0 Å². The molecule has 0 aliphatic rings. The predicted octanol–water partition coefficient (Wildman–Crippen LogP) is 1.51. The molecule has 2 aromatic rings. The number of aliphatic carboxylic acids is 1. The molecule has 1 aromatic carbocycles. The summed E-state index contributed by atoms with van der Waals surface area (Å²) in [7, 11) is 0. The van der Waals surface area contributed by atoms with Crippen molar-refractivity contribution in [2.24, 2.45) is 5.92 Å². The van der Waals surface area contributed by atoms with Gasteiger partial charge in [0, 0.05) is 0 Å². The van der Waals surface area contributed by atoms with Crippen molar-refractivity contribution >= 4 is 5.97 Å². The van der Waals surface area contributed by atoms with Gasteiger partial charge >= 0.3 is 5.97 Å². The highest BCUT2D eigenvalue weighted by molar-refractivity contribution is 5.69. The minimum absolute atomic E-state index is 0.0883. The summed E-state index contributed by atoms with van der Waals surface area (Å²) in [6.07, 6.45) is 0. The fraction of sp³-hybridized carbons (Fsp3) is 0.333. The van der Waals surface area contributed by atoms with Crippen molar-refractivity contribution in [2.75, 3.05) is 0 Å². The first-order chi connectivity index (χ1) is 8.99. The second kappa shape index (κ2) is 5.13. The first kappa shape index (κ1) is 13.1. The van der Waals surface area contributed by atoms with Crippen LogP contribution in [0.5, 0.6) is 0 Å². The lowest BCUT2D eigenvalue weighted by Crippen LogP contribution is -2.18. The molecule has 0 saturated carbocycles. The van der Waals surface area contributed by atoms with E-state index in [1.807, 2.05) is 0 Å². The van der Waals surface area contributed by atoms with Crippen LogP contribution < -0.4 is 0 Å². The maximum atomic E-state index is 13.9. The van der Waals surface area contributed by atoms with Gasteiger partial charge in [0.15, 0.2) is 5.82 Å². The Bertz CT molecular complexity index is 612. The molecule has 100 valence electrons. The molecule has 0 bridgehead atoms. The third-order valence-electron chi connectivity index (χ3n) is 2.77. The van der Waals surface area contributed by atoms with E-state index < -0.39 is 17.7 Å². The van der Waals surface area contributed by atoms with Crippen LogP contribution in [0.3, 0.4) is 0 Å². The summed E-state index contributed by atoms with van der Waals surface area (Å²) in [5.74, 6) is -1.81. The molecule has 0 radical (unpaired) electrons. The molecule has 1 atom stereocenters. The molecule has 19 heavy (non-hydrogen) atoms. The van der Waals surface area contributed by atoms with Gasteiger partial charge in [0.2, 0.25) is 0 Å². The molecule has 0 aliphatic heterocycles. The van der Waals surface area contributed by atoms with Crippen molar-refractivity contribution in [1.29, 1.82) is 0 Å². The van der Waals surface area contributed by atoms with Crippen LogP contribution in [-0.4, -0.2) is 31.3 Å². The highest BCUT2D eigenvalue weighted by Gasteiger charge is 2.18. The Morgan fingerprint density at radius 2 is 2.26 bits per heavy atom. The molecule has 1 unspecified atom stereocenters. The molecular weight excluding hydrogens is 251 g/mol. The Morgan fingerprint density at radius 3 is 2.89 bits per heavy atom. The van der Waals surface area contributed by atoms with E-state index in [2.05, 4.69) is 15.5 Å². The number of carbonyl (C=O) groups is 1. The Balaban J connectivity index is 2.36. The largest absolute Gasteiger partial charge is 0.481 e. The summed E-state index contributed by atoms with van der Waals surface area (Å²) < 4.78 is 15.2. The Hall–Kier alpha value is -2.31. The molecule has 0 fully saturated rings. The molecule has 0 aliphatic carbocycles. The van der Waals surface area contributed by atoms with Crippen molar-refractivity contribution in [3.63, 3.8) is 0 Å². The monoisotopic (exact) mass is 264 g/mol. The number of hydrogen-bond acceptors (Lipinski definition) is 4. The normalized spacial score (nSPS) is 12.4. The summed E-state index contributed by atoms with van der Waals surface area (Å²) in [4.78, 5) is 10.8. The van der Waals surface area contributed by atoms with E-state index >= 15 is 0 Å². The van der Waals surface area contributed by atoms with Gasteiger partial charge < -0.3 is 5.11 Å². The zero-order chi connectivity index (χ0) is 14.0. The smallest absolute Gasteiger partial charge is 0.308 e. The van der Waals surface area contributed by atoms with Gasteiger partial charge in [-0.05, 0) is 35.0 Å². The standard InChI is InChI=1S/C12H13FN4O2/c1-7-3-4-9(10(13)5-7)11-14-15-16-17(11)6-8(2)12(18)19/h3-5,8H,6H2,1-2H3,(H,18,19). The van der Waals surface area contributed by atoms with Gasteiger partial charge in [-0.1, -0.05) is 13.0 Å². The molecule has 7 heteroatoms. The molecule has 6 nitrogen and oxygen atoms in total. The number of carboxylic acid groups (broad SMARTS) is 1. The fourth-order valence-corrected chi connectivity index (χ4v) is 1.66. The molecule has 0 saturated heterocycles. The third kappa shape index (κ3) is 2.75. The van der Waals surface area contributed by atoms with Gasteiger partial charge in [-0.3, -0.25) is 4.79 Å². The van der Waals surface area contributed by atoms with Gasteiger partial charge in [-0.25, -0.2) is 9.07 Å². The van der Waals surface area contributed by atoms with Crippen LogP contribution in [0, 0.1) is 18.7 Å². The zero-order valence-electron chi connectivity index (χ0n) is 10.5. The number of carboxylic acids is 1. The minimum atomic E-state index is -0.953. The van der Waals surface area contributed by atoms with E-state index in [1.165, 1.54) is 10.7 Å². The zero-order valence-corrected chi connectivity index (χ0v) is 10.5. The van der Waals surface area contributed by atoms with Crippen molar-refractivity contribution < 1.29 is 14.3 Å².